The number of amides is 2. The molecule has 1 saturated heterocycles. The van der Waals surface area contributed by atoms with Crippen molar-refractivity contribution in [3.05, 3.63) is 29.3 Å². The number of carbonyl (C=O) groups excluding carboxylic acids is 2. The van der Waals surface area contributed by atoms with Crippen LogP contribution in [0.2, 0.25) is 0 Å². The Morgan fingerprint density at radius 1 is 1.13 bits per heavy atom. The van der Waals surface area contributed by atoms with Crippen LogP contribution in [0.1, 0.15) is 43.6 Å². The van der Waals surface area contributed by atoms with E-state index in [0.717, 1.165) is 0 Å². The molecule has 0 aromatic heterocycles. The lowest BCUT2D eigenvalue weighted by Gasteiger charge is -2.27. The summed E-state index contributed by atoms with van der Waals surface area (Å²) in [5.41, 5.74) is 0.303. The summed E-state index contributed by atoms with van der Waals surface area (Å²) in [5, 5.41) is 5.23. The molecule has 0 bridgehead atoms. The fraction of sp³-hybridized carbons (Fsp3) is 0.600. The average molecular weight is 442 g/mol. The number of ether oxygens (including phenoxy) is 2. The Morgan fingerprint density at radius 3 is 2.37 bits per heavy atom. The Labute approximate surface area is 178 Å². The number of benzene rings is 1. The summed E-state index contributed by atoms with van der Waals surface area (Å²) in [6.45, 7) is 8.81. The highest BCUT2D eigenvalue weighted by atomic mass is 32.2. The molecule has 2 N–H and O–H groups in total. The van der Waals surface area contributed by atoms with Crippen molar-refractivity contribution < 1.29 is 27.5 Å². The van der Waals surface area contributed by atoms with Crippen LogP contribution < -0.4 is 10.6 Å². The first-order chi connectivity index (χ1) is 14.0. The van der Waals surface area contributed by atoms with Crippen molar-refractivity contribution in [1.29, 1.82) is 0 Å². The SMILES string of the molecule is CCc1ccc(C(=O)NCCNC(=O)OC(C)(C)C)cc1S(=O)(=O)N1CCOCC1. The van der Waals surface area contributed by atoms with Crippen molar-refractivity contribution in [2.45, 2.75) is 44.6 Å². The monoisotopic (exact) mass is 441 g/mol. The lowest BCUT2D eigenvalue weighted by molar-refractivity contribution is 0.0526. The largest absolute Gasteiger partial charge is 0.444 e. The van der Waals surface area contributed by atoms with Gasteiger partial charge < -0.3 is 20.1 Å². The molecule has 2 amide bonds. The predicted octanol–water partition coefficient (Wildman–Crippen LogP) is 1.52. The van der Waals surface area contributed by atoms with E-state index in [0.29, 0.717) is 25.2 Å². The van der Waals surface area contributed by atoms with Crippen LogP contribution in [0, 0.1) is 0 Å². The molecule has 0 saturated carbocycles. The zero-order valence-corrected chi connectivity index (χ0v) is 18.8. The third-order valence-electron chi connectivity index (χ3n) is 4.38. The number of alkyl carbamates (subject to hydrolysis) is 1. The lowest BCUT2D eigenvalue weighted by Crippen LogP contribution is -2.41. The van der Waals surface area contributed by atoms with Crippen molar-refractivity contribution >= 4 is 22.0 Å². The number of hydrogen-bond donors (Lipinski definition) is 2. The molecule has 1 heterocycles. The van der Waals surface area contributed by atoms with Crippen molar-refractivity contribution in [1.82, 2.24) is 14.9 Å². The van der Waals surface area contributed by atoms with E-state index in [9.17, 15) is 18.0 Å². The third kappa shape index (κ3) is 6.68. The molecule has 30 heavy (non-hydrogen) atoms. The maximum Gasteiger partial charge on any atom is 0.407 e. The van der Waals surface area contributed by atoms with Crippen molar-refractivity contribution in [3.8, 4) is 0 Å². The third-order valence-corrected chi connectivity index (χ3v) is 6.36. The molecular weight excluding hydrogens is 410 g/mol. The van der Waals surface area contributed by atoms with Crippen LogP contribution in [0.25, 0.3) is 0 Å². The molecule has 0 atom stereocenters. The van der Waals surface area contributed by atoms with Crippen molar-refractivity contribution in [2.75, 3.05) is 39.4 Å². The minimum absolute atomic E-state index is 0.145. The fourth-order valence-electron chi connectivity index (χ4n) is 2.91. The smallest absolute Gasteiger partial charge is 0.407 e. The van der Waals surface area contributed by atoms with Crippen LogP contribution in [0.15, 0.2) is 23.1 Å². The first kappa shape index (κ1) is 24.1. The van der Waals surface area contributed by atoms with E-state index in [4.69, 9.17) is 9.47 Å². The summed E-state index contributed by atoms with van der Waals surface area (Å²) in [5.74, 6) is -0.415. The van der Waals surface area contributed by atoms with E-state index in [1.54, 1.807) is 32.9 Å². The lowest BCUT2D eigenvalue weighted by atomic mass is 10.1. The highest BCUT2D eigenvalue weighted by molar-refractivity contribution is 7.89. The molecule has 9 nitrogen and oxygen atoms in total. The second-order valence-electron chi connectivity index (χ2n) is 7.88. The molecule has 1 aliphatic heterocycles. The van der Waals surface area contributed by atoms with E-state index in [2.05, 4.69) is 10.6 Å². The molecule has 1 aromatic carbocycles. The molecule has 2 rings (SSSR count). The maximum atomic E-state index is 13.1. The van der Waals surface area contributed by atoms with Gasteiger partial charge in [-0.3, -0.25) is 4.79 Å². The molecular formula is C20H31N3O6S. The van der Waals surface area contributed by atoms with Crippen LogP contribution in [-0.2, 0) is 25.9 Å². The fourth-order valence-corrected chi connectivity index (χ4v) is 4.64. The van der Waals surface area contributed by atoms with Gasteiger partial charge in [-0.15, -0.1) is 0 Å². The van der Waals surface area contributed by atoms with Gasteiger partial charge in [0.1, 0.15) is 5.60 Å². The molecule has 0 radical (unpaired) electrons. The van der Waals surface area contributed by atoms with Gasteiger partial charge in [-0.25, -0.2) is 13.2 Å². The number of nitrogens with zero attached hydrogens (tertiary/aromatic N) is 1. The van der Waals surface area contributed by atoms with E-state index < -0.39 is 27.6 Å². The minimum atomic E-state index is -3.71. The number of carbonyl (C=O) groups is 2. The number of sulfonamides is 1. The second-order valence-corrected chi connectivity index (χ2v) is 9.78. The van der Waals surface area contributed by atoms with E-state index in [1.807, 2.05) is 6.92 Å². The van der Waals surface area contributed by atoms with Crippen LogP contribution >= 0.6 is 0 Å². The first-order valence-electron chi connectivity index (χ1n) is 10.0. The zero-order chi connectivity index (χ0) is 22.4. The molecule has 0 spiro atoms. The number of rotatable bonds is 7. The van der Waals surface area contributed by atoms with Crippen LogP contribution in [-0.4, -0.2) is 69.7 Å². The highest BCUT2D eigenvalue weighted by Gasteiger charge is 2.29. The van der Waals surface area contributed by atoms with Crippen LogP contribution in [0.5, 0.6) is 0 Å². The van der Waals surface area contributed by atoms with Crippen molar-refractivity contribution in [3.63, 3.8) is 0 Å². The number of morpholine rings is 1. The standard InChI is InChI=1S/C20H31N3O6S/c1-5-15-6-7-16(14-17(15)30(26,27)23-10-12-28-13-11-23)18(24)21-8-9-22-19(25)29-20(2,3)4/h6-7,14H,5,8-13H2,1-4H3,(H,21,24)(H,22,25). The van der Waals surface area contributed by atoms with Gasteiger partial charge in [0.25, 0.3) is 5.91 Å². The second kappa shape index (κ2) is 10.2. The summed E-state index contributed by atoms with van der Waals surface area (Å²) >= 11 is 0. The molecule has 10 heteroatoms. The average Bonchev–Trinajstić information content (AvgIpc) is 2.70. The van der Waals surface area contributed by atoms with E-state index in [1.165, 1.54) is 10.4 Å². The molecule has 1 aliphatic rings. The molecule has 0 aliphatic carbocycles. The van der Waals surface area contributed by atoms with Gasteiger partial charge in [0.05, 0.1) is 18.1 Å². The van der Waals surface area contributed by atoms with Gasteiger partial charge in [-0.05, 0) is 44.9 Å². The summed E-state index contributed by atoms with van der Waals surface area (Å²) in [4.78, 5) is 24.3. The Balaban J connectivity index is 2.03. The van der Waals surface area contributed by atoms with Gasteiger partial charge in [-0.2, -0.15) is 4.31 Å². The quantitative estimate of drug-likeness (QED) is 0.620. The summed E-state index contributed by atoms with van der Waals surface area (Å²) in [6, 6.07) is 4.69. The Hall–Kier alpha value is -2.17. The summed E-state index contributed by atoms with van der Waals surface area (Å²) < 4.78 is 37.9. The predicted molar refractivity (Wildman–Crippen MR) is 112 cm³/mol. The van der Waals surface area contributed by atoms with Crippen LogP contribution in [0.4, 0.5) is 4.79 Å². The molecule has 1 fully saturated rings. The van der Waals surface area contributed by atoms with Crippen molar-refractivity contribution in [2.24, 2.45) is 0 Å². The zero-order valence-electron chi connectivity index (χ0n) is 18.0. The van der Waals surface area contributed by atoms with Gasteiger partial charge >= 0.3 is 6.09 Å². The number of aryl methyl sites for hydroxylation is 1. The minimum Gasteiger partial charge on any atom is -0.444 e. The highest BCUT2D eigenvalue weighted by Crippen LogP contribution is 2.23. The van der Waals surface area contributed by atoms with E-state index >= 15 is 0 Å². The number of nitrogens with one attached hydrogen (secondary N) is 2. The Kier molecular flexibility index (Phi) is 8.22. The van der Waals surface area contributed by atoms with Crippen LogP contribution in [0.3, 0.4) is 0 Å². The van der Waals surface area contributed by atoms with Gasteiger partial charge in [0.2, 0.25) is 10.0 Å². The topological polar surface area (TPSA) is 114 Å². The Bertz CT molecular complexity index is 858. The van der Waals surface area contributed by atoms with E-state index in [-0.39, 0.29) is 36.6 Å². The van der Waals surface area contributed by atoms with Gasteiger partial charge in [0.15, 0.2) is 0 Å². The molecule has 0 unspecified atom stereocenters. The number of hydrogen-bond acceptors (Lipinski definition) is 6. The Morgan fingerprint density at radius 2 is 1.77 bits per heavy atom. The summed E-state index contributed by atoms with van der Waals surface area (Å²) in [6.07, 6.45) is -0.0383. The normalized spacial score (nSPS) is 15.5. The first-order valence-corrected chi connectivity index (χ1v) is 11.4. The molecule has 168 valence electrons. The van der Waals surface area contributed by atoms with Gasteiger partial charge in [-0.1, -0.05) is 13.0 Å². The molecule has 1 aromatic rings. The van der Waals surface area contributed by atoms with Gasteiger partial charge in [0, 0.05) is 31.7 Å². The maximum absolute atomic E-state index is 13.1. The summed E-state index contributed by atoms with van der Waals surface area (Å²) in [7, 11) is -3.71.